The van der Waals surface area contributed by atoms with E-state index in [1.54, 1.807) is 0 Å². The fourth-order valence-corrected chi connectivity index (χ4v) is 3.47. The second-order valence-electron chi connectivity index (χ2n) is 7.34. The Morgan fingerprint density at radius 1 is 0.719 bits per heavy atom. The number of aromatic nitrogens is 5. The van der Waals surface area contributed by atoms with E-state index < -0.39 is 0 Å². The van der Waals surface area contributed by atoms with Gasteiger partial charge in [0, 0.05) is 17.9 Å². The molecule has 0 aliphatic rings. The van der Waals surface area contributed by atoms with Gasteiger partial charge in [0.05, 0.1) is 11.2 Å². The summed E-state index contributed by atoms with van der Waals surface area (Å²) in [5, 5.41) is 15.1. The number of aromatic amines is 1. The number of H-pyrrole nitrogens is 1. The van der Waals surface area contributed by atoms with Crippen LogP contribution in [-0.2, 0) is 19.6 Å². The molecule has 0 spiro atoms. The van der Waals surface area contributed by atoms with Gasteiger partial charge in [-0.2, -0.15) is 0 Å². The molecule has 0 aliphatic heterocycles. The molecule has 7 heteroatoms. The first-order valence-electron chi connectivity index (χ1n) is 10.3. The fourth-order valence-electron chi connectivity index (χ4n) is 3.47. The average Bonchev–Trinajstić information content (AvgIpc) is 3.35. The molecule has 1 N–H and O–H groups in total. The highest BCUT2D eigenvalue weighted by Gasteiger charge is 2.07. The van der Waals surface area contributed by atoms with Crippen LogP contribution in [0.2, 0.25) is 0 Å². The minimum Gasteiger partial charge on any atom is -0.489 e. The van der Waals surface area contributed by atoms with Crippen molar-refractivity contribution in [3.05, 3.63) is 108 Å². The Morgan fingerprint density at radius 2 is 1.50 bits per heavy atom. The van der Waals surface area contributed by atoms with Crippen molar-refractivity contribution in [3.8, 4) is 11.5 Å². The molecule has 2 aromatic heterocycles. The van der Waals surface area contributed by atoms with Crippen molar-refractivity contribution in [1.82, 2.24) is 25.6 Å². The number of nitrogens with one attached hydrogen (secondary N) is 1. The number of hydrogen-bond acceptors (Lipinski definition) is 6. The quantitative estimate of drug-likeness (QED) is 0.396. The Kier molecular flexibility index (Phi) is 5.70. The predicted octanol–water partition coefficient (Wildman–Crippen LogP) is 4.50. The fraction of sp³-hybridized carbons (Fsp3) is 0.120. The standard InChI is InChI=1S/C25H21N5O2/c1-2-8-20(19(7-1)14-25-27-29-30-28-25)16-31-22-9-5-10-23(15-22)32-17-21-13-12-18-6-3-4-11-24(18)26-21/h1-13,15H,14,16-17H2,(H,27,28,29,30). The Bertz CT molecular complexity index is 1320. The van der Waals surface area contributed by atoms with E-state index in [1.165, 1.54) is 0 Å². The van der Waals surface area contributed by atoms with Crippen LogP contribution < -0.4 is 9.47 Å². The smallest absolute Gasteiger partial charge is 0.152 e. The lowest BCUT2D eigenvalue weighted by atomic mass is 10.1. The molecule has 0 atom stereocenters. The molecule has 2 heterocycles. The predicted molar refractivity (Wildman–Crippen MR) is 120 cm³/mol. The molecule has 0 bridgehead atoms. The summed E-state index contributed by atoms with van der Waals surface area (Å²) in [4.78, 5) is 4.66. The largest absolute Gasteiger partial charge is 0.489 e. The Morgan fingerprint density at radius 3 is 2.34 bits per heavy atom. The summed E-state index contributed by atoms with van der Waals surface area (Å²) in [6, 6.07) is 27.8. The first-order valence-corrected chi connectivity index (χ1v) is 10.3. The molecule has 0 amide bonds. The minimum atomic E-state index is 0.391. The maximum atomic E-state index is 6.04. The van der Waals surface area contributed by atoms with Gasteiger partial charge in [-0.05, 0) is 45.8 Å². The number of ether oxygens (including phenoxy) is 2. The van der Waals surface area contributed by atoms with Crippen LogP contribution in [-0.4, -0.2) is 25.6 Å². The molecule has 0 radical (unpaired) electrons. The molecular weight excluding hydrogens is 402 g/mol. The number of pyridine rings is 1. The maximum Gasteiger partial charge on any atom is 0.152 e. The molecule has 0 aliphatic carbocycles. The van der Waals surface area contributed by atoms with Crippen LogP contribution >= 0.6 is 0 Å². The van der Waals surface area contributed by atoms with Gasteiger partial charge in [0.2, 0.25) is 0 Å². The molecule has 158 valence electrons. The molecule has 7 nitrogen and oxygen atoms in total. The van der Waals surface area contributed by atoms with Crippen molar-refractivity contribution < 1.29 is 9.47 Å². The van der Waals surface area contributed by atoms with E-state index in [2.05, 4.69) is 37.7 Å². The van der Waals surface area contributed by atoms with Gasteiger partial charge < -0.3 is 9.47 Å². The van der Waals surface area contributed by atoms with E-state index in [9.17, 15) is 0 Å². The van der Waals surface area contributed by atoms with E-state index in [1.807, 2.05) is 72.8 Å². The number of nitrogens with zero attached hydrogens (tertiary/aromatic N) is 4. The molecule has 0 unspecified atom stereocenters. The normalized spacial score (nSPS) is 10.9. The summed E-state index contributed by atoms with van der Waals surface area (Å²) in [5.41, 5.74) is 4.03. The van der Waals surface area contributed by atoms with Crippen molar-refractivity contribution in [1.29, 1.82) is 0 Å². The molecule has 0 fully saturated rings. The molecule has 0 saturated carbocycles. The molecule has 32 heavy (non-hydrogen) atoms. The minimum absolute atomic E-state index is 0.391. The van der Waals surface area contributed by atoms with E-state index in [4.69, 9.17) is 9.47 Å². The maximum absolute atomic E-state index is 6.04. The van der Waals surface area contributed by atoms with E-state index in [0.717, 1.165) is 45.0 Å². The van der Waals surface area contributed by atoms with E-state index in [-0.39, 0.29) is 0 Å². The zero-order valence-electron chi connectivity index (χ0n) is 17.3. The van der Waals surface area contributed by atoms with E-state index in [0.29, 0.717) is 19.6 Å². The van der Waals surface area contributed by atoms with Crippen LogP contribution in [0.25, 0.3) is 10.9 Å². The second-order valence-corrected chi connectivity index (χ2v) is 7.34. The SMILES string of the molecule is c1cc(OCc2ccc3ccccc3n2)cc(OCc2ccccc2Cc2nnn[nH]2)c1. The number of tetrazole rings is 1. The summed E-state index contributed by atoms with van der Waals surface area (Å²) >= 11 is 0. The molecule has 5 aromatic rings. The van der Waals surface area contributed by atoms with Crippen molar-refractivity contribution in [2.75, 3.05) is 0 Å². The Balaban J connectivity index is 1.23. The lowest BCUT2D eigenvalue weighted by Crippen LogP contribution is -2.02. The Hall–Kier alpha value is -4.26. The third-order valence-electron chi connectivity index (χ3n) is 5.11. The monoisotopic (exact) mass is 423 g/mol. The second kappa shape index (κ2) is 9.26. The van der Waals surface area contributed by atoms with Crippen LogP contribution in [0.1, 0.15) is 22.6 Å². The van der Waals surface area contributed by atoms with Crippen LogP contribution in [0.15, 0.2) is 84.9 Å². The third kappa shape index (κ3) is 4.73. The number of para-hydroxylation sites is 1. The van der Waals surface area contributed by atoms with Gasteiger partial charge in [-0.3, -0.25) is 0 Å². The zero-order chi connectivity index (χ0) is 21.6. The molecule has 3 aromatic carbocycles. The Labute approximate surface area is 185 Å². The van der Waals surface area contributed by atoms with Crippen molar-refractivity contribution in [2.45, 2.75) is 19.6 Å². The first-order chi connectivity index (χ1) is 15.8. The van der Waals surface area contributed by atoms with Crippen LogP contribution in [0.3, 0.4) is 0 Å². The van der Waals surface area contributed by atoms with Crippen molar-refractivity contribution in [3.63, 3.8) is 0 Å². The lowest BCUT2D eigenvalue weighted by Gasteiger charge is -2.12. The van der Waals surface area contributed by atoms with Crippen LogP contribution in [0, 0.1) is 0 Å². The van der Waals surface area contributed by atoms with Crippen LogP contribution in [0.5, 0.6) is 11.5 Å². The van der Waals surface area contributed by atoms with Gasteiger partial charge in [-0.15, -0.1) is 5.10 Å². The van der Waals surface area contributed by atoms with Gasteiger partial charge in [0.1, 0.15) is 24.7 Å². The van der Waals surface area contributed by atoms with Crippen molar-refractivity contribution >= 4 is 10.9 Å². The number of benzene rings is 3. The summed E-state index contributed by atoms with van der Waals surface area (Å²) in [6.07, 6.45) is 0.619. The number of fused-ring (bicyclic) bond motifs is 1. The van der Waals surface area contributed by atoms with Gasteiger partial charge in [-0.25, -0.2) is 10.1 Å². The third-order valence-corrected chi connectivity index (χ3v) is 5.11. The summed E-state index contributed by atoms with van der Waals surface area (Å²) in [6.45, 7) is 0.829. The summed E-state index contributed by atoms with van der Waals surface area (Å²) < 4.78 is 12.0. The average molecular weight is 423 g/mol. The van der Waals surface area contributed by atoms with E-state index >= 15 is 0 Å². The number of rotatable bonds is 8. The molecular formula is C25H21N5O2. The number of hydrogen-bond donors (Lipinski definition) is 1. The van der Waals surface area contributed by atoms with Gasteiger partial charge in [0.15, 0.2) is 5.82 Å². The van der Waals surface area contributed by atoms with Gasteiger partial charge in [-0.1, -0.05) is 54.6 Å². The van der Waals surface area contributed by atoms with Crippen molar-refractivity contribution in [2.24, 2.45) is 0 Å². The zero-order valence-corrected chi connectivity index (χ0v) is 17.3. The first kappa shape index (κ1) is 19.7. The molecule has 5 rings (SSSR count). The summed E-state index contributed by atoms with van der Waals surface area (Å²) in [7, 11) is 0. The summed E-state index contributed by atoms with van der Waals surface area (Å²) in [5.74, 6) is 2.19. The van der Waals surface area contributed by atoms with Crippen LogP contribution in [0.4, 0.5) is 0 Å². The molecule has 0 saturated heterocycles. The highest BCUT2D eigenvalue weighted by Crippen LogP contribution is 2.23. The highest BCUT2D eigenvalue weighted by atomic mass is 16.5. The topological polar surface area (TPSA) is 85.8 Å². The lowest BCUT2D eigenvalue weighted by molar-refractivity contribution is 0.287. The van der Waals surface area contributed by atoms with Gasteiger partial charge >= 0.3 is 0 Å². The highest BCUT2D eigenvalue weighted by molar-refractivity contribution is 5.78. The van der Waals surface area contributed by atoms with Gasteiger partial charge in [0.25, 0.3) is 0 Å².